The number of rotatable bonds is 2. The Balaban J connectivity index is 2.22. The van der Waals surface area contributed by atoms with Crippen LogP contribution in [-0.4, -0.2) is 5.54 Å². The van der Waals surface area contributed by atoms with Gasteiger partial charge >= 0.3 is 0 Å². The average Bonchev–Trinajstić information content (AvgIpc) is 2.16. The third-order valence-electron chi connectivity index (χ3n) is 3.27. The molecule has 0 radical (unpaired) electrons. The fourth-order valence-electron chi connectivity index (χ4n) is 2.70. The van der Waals surface area contributed by atoms with Gasteiger partial charge in [-0.25, -0.2) is 0 Å². The molecule has 1 aliphatic carbocycles. The summed E-state index contributed by atoms with van der Waals surface area (Å²) in [6, 6.07) is 8.85. The van der Waals surface area contributed by atoms with Crippen LogP contribution >= 0.6 is 0 Å². The zero-order chi connectivity index (χ0) is 10.9. The van der Waals surface area contributed by atoms with E-state index in [1.54, 1.807) is 5.56 Å². The largest absolute Gasteiger partial charge is 0.326 e. The van der Waals surface area contributed by atoms with Crippen LogP contribution in [0.1, 0.15) is 50.2 Å². The Morgan fingerprint density at radius 1 is 1.33 bits per heavy atom. The van der Waals surface area contributed by atoms with Crippen molar-refractivity contribution in [2.75, 3.05) is 0 Å². The van der Waals surface area contributed by atoms with E-state index in [9.17, 15) is 0 Å². The Morgan fingerprint density at radius 2 is 2.07 bits per heavy atom. The van der Waals surface area contributed by atoms with Gasteiger partial charge in [-0.1, -0.05) is 24.3 Å². The molecule has 0 saturated heterocycles. The van der Waals surface area contributed by atoms with Crippen LogP contribution in [0.3, 0.4) is 0 Å². The molecule has 0 saturated carbocycles. The zero-order valence-electron chi connectivity index (χ0n) is 9.79. The van der Waals surface area contributed by atoms with Crippen LogP contribution in [-0.2, 0) is 6.42 Å². The molecule has 1 aromatic rings. The molecule has 1 nitrogen and oxygen atoms in total. The Bertz CT molecular complexity index is 335. The first-order valence-corrected chi connectivity index (χ1v) is 5.93. The first-order valence-electron chi connectivity index (χ1n) is 5.93. The molecule has 2 N–H and O–H groups in total. The second kappa shape index (κ2) is 3.97. The van der Waals surface area contributed by atoms with Gasteiger partial charge in [0, 0.05) is 5.54 Å². The van der Waals surface area contributed by atoms with Crippen molar-refractivity contribution in [1.82, 2.24) is 0 Å². The summed E-state index contributed by atoms with van der Waals surface area (Å²) >= 11 is 0. The van der Waals surface area contributed by atoms with E-state index in [0.717, 1.165) is 6.42 Å². The Kier molecular flexibility index (Phi) is 2.83. The normalized spacial score (nSPS) is 21.1. The molecule has 0 aliphatic heterocycles. The van der Waals surface area contributed by atoms with Gasteiger partial charge in [0.05, 0.1) is 0 Å². The van der Waals surface area contributed by atoms with Crippen molar-refractivity contribution >= 4 is 0 Å². The zero-order valence-corrected chi connectivity index (χ0v) is 9.79. The number of aryl methyl sites for hydroxylation is 1. The Hall–Kier alpha value is -0.820. The van der Waals surface area contributed by atoms with Gasteiger partial charge in [-0.2, -0.15) is 0 Å². The first-order chi connectivity index (χ1) is 7.06. The summed E-state index contributed by atoms with van der Waals surface area (Å²) in [6.07, 6.45) is 4.97. The highest BCUT2D eigenvalue weighted by Crippen LogP contribution is 2.36. The highest BCUT2D eigenvalue weighted by Gasteiger charge is 2.24. The minimum Gasteiger partial charge on any atom is -0.326 e. The van der Waals surface area contributed by atoms with Crippen molar-refractivity contribution in [3.8, 4) is 0 Å². The molecule has 1 unspecified atom stereocenters. The summed E-state index contributed by atoms with van der Waals surface area (Å²) in [7, 11) is 0. The van der Waals surface area contributed by atoms with E-state index in [2.05, 4.69) is 38.1 Å². The molecule has 0 aromatic heterocycles. The molecule has 0 heterocycles. The van der Waals surface area contributed by atoms with Crippen molar-refractivity contribution in [1.29, 1.82) is 0 Å². The lowest BCUT2D eigenvalue weighted by molar-refractivity contribution is 0.393. The lowest BCUT2D eigenvalue weighted by Crippen LogP contribution is -2.34. The van der Waals surface area contributed by atoms with Crippen LogP contribution in [0.25, 0.3) is 0 Å². The topological polar surface area (TPSA) is 26.0 Å². The van der Waals surface area contributed by atoms with Gasteiger partial charge in [-0.15, -0.1) is 0 Å². The third kappa shape index (κ3) is 2.60. The standard InChI is InChI=1S/C14H21N/c1-14(2,15)10-12-8-5-7-11-6-3-4-9-13(11)12/h3-4,6,9,12H,5,7-8,10,15H2,1-2H3. The van der Waals surface area contributed by atoms with Crippen LogP contribution < -0.4 is 5.73 Å². The van der Waals surface area contributed by atoms with E-state index in [-0.39, 0.29) is 5.54 Å². The molecule has 1 aromatic carbocycles. The van der Waals surface area contributed by atoms with Gasteiger partial charge in [0.15, 0.2) is 0 Å². The lowest BCUT2D eigenvalue weighted by atomic mass is 9.77. The lowest BCUT2D eigenvalue weighted by Gasteiger charge is -2.30. The second-order valence-corrected chi connectivity index (χ2v) is 5.48. The van der Waals surface area contributed by atoms with Gasteiger partial charge in [-0.3, -0.25) is 0 Å². The van der Waals surface area contributed by atoms with E-state index >= 15 is 0 Å². The maximum atomic E-state index is 6.12. The van der Waals surface area contributed by atoms with Crippen molar-refractivity contribution in [2.24, 2.45) is 5.73 Å². The molecule has 1 atom stereocenters. The van der Waals surface area contributed by atoms with E-state index in [1.165, 1.54) is 24.8 Å². The maximum absolute atomic E-state index is 6.12. The molecule has 0 spiro atoms. The number of hydrogen-bond donors (Lipinski definition) is 1. The summed E-state index contributed by atoms with van der Waals surface area (Å²) in [6.45, 7) is 4.26. The van der Waals surface area contributed by atoms with Gasteiger partial charge in [0.2, 0.25) is 0 Å². The summed E-state index contributed by atoms with van der Waals surface area (Å²) in [5, 5.41) is 0. The molecule has 0 fully saturated rings. The van der Waals surface area contributed by atoms with E-state index < -0.39 is 0 Å². The van der Waals surface area contributed by atoms with Crippen LogP contribution in [0.2, 0.25) is 0 Å². The summed E-state index contributed by atoms with van der Waals surface area (Å²) in [5.41, 5.74) is 9.16. The minimum atomic E-state index is -0.0465. The number of nitrogens with two attached hydrogens (primary N) is 1. The van der Waals surface area contributed by atoms with Crippen LogP contribution in [0.5, 0.6) is 0 Å². The summed E-state index contributed by atoms with van der Waals surface area (Å²) < 4.78 is 0. The fourth-order valence-corrected chi connectivity index (χ4v) is 2.70. The molecule has 82 valence electrons. The first kappa shape index (κ1) is 10.7. The van der Waals surface area contributed by atoms with Crippen LogP contribution in [0.4, 0.5) is 0 Å². The monoisotopic (exact) mass is 203 g/mol. The quantitative estimate of drug-likeness (QED) is 0.784. The van der Waals surface area contributed by atoms with Crippen molar-refractivity contribution < 1.29 is 0 Å². The average molecular weight is 203 g/mol. The SMILES string of the molecule is CC(C)(N)CC1CCCc2ccccc21. The second-order valence-electron chi connectivity index (χ2n) is 5.48. The molecule has 0 bridgehead atoms. The molecule has 1 heteroatoms. The summed E-state index contributed by atoms with van der Waals surface area (Å²) in [5.74, 6) is 0.676. The van der Waals surface area contributed by atoms with Gasteiger partial charge in [0.1, 0.15) is 0 Å². The van der Waals surface area contributed by atoms with Crippen molar-refractivity contribution in [3.63, 3.8) is 0 Å². The maximum Gasteiger partial charge on any atom is 0.0103 e. The fraction of sp³-hybridized carbons (Fsp3) is 0.571. The molecule has 15 heavy (non-hydrogen) atoms. The van der Waals surface area contributed by atoms with E-state index in [1.807, 2.05) is 0 Å². The molecule has 2 rings (SSSR count). The van der Waals surface area contributed by atoms with Crippen LogP contribution in [0.15, 0.2) is 24.3 Å². The Morgan fingerprint density at radius 3 is 2.80 bits per heavy atom. The van der Waals surface area contributed by atoms with Gasteiger partial charge < -0.3 is 5.73 Å². The third-order valence-corrected chi connectivity index (χ3v) is 3.27. The van der Waals surface area contributed by atoms with Crippen molar-refractivity contribution in [3.05, 3.63) is 35.4 Å². The minimum absolute atomic E-state index is 0.0465. The molecule has 1 aliphatic rings. The number of benzene rings is 1. The molecular weight excluding hydrogens is 182 g/mol. The molecule has 0 amide bonds. The van der Waals surface area contributed by atoms with E-state index in [0.29, 0.717) is 5.92 Å². The van der Waals surface area contributed by atoms with Crippen LogP contribution in [0, 0.1) is 0 Å². The number of fused-ring (bicyclic) bond motifs is 1. The van der Waals surface area contributed by atoms with Gasteiger partial charge in [0.25, 0.3) is 0 Å². The van der Waals surface area contributed by atoms with Gasteiger partial charge in [-0.05, 0) is 56.6 Å². The highest BCUT2D eigenvalue weighted by atomic mass is 14.7. The predicted octanol–water partition coefficient (Wildman–Crippen LogP) is 3.23. The predicted molar refractivity (Wildman–Crippen MR) is 65.0 cm³/mol. The highest BCUT2D eigenvalue weighted by molar-refractivity contribution is 5.32. The smallest absolute Gasteiger partial charge is 0.0103 e. The van der Waals surface area contributed by atoms with E-state index in [4.69, 9.17) is 5.73 Å². The Labute approximate surface area is 92.7 Å². The van der Waals surface area contributed by atoms with Crippen molar-refractivity contribution in [2.45, 2.75) is 51.0 Å². The number of hydrogen-bond acceptors (Lipinski definition) is 1. The molecular formula is C14H21N. The summed E-state index contributed by atoms with van der Waals surface area (Å²) in [4.78, 5) is 0.